The molecule has 0 amide bonds. The van der Waals surface area contributed by atoms with Crippen molar-refractivity contribution in [2.24, 2.45) is 0 Å². The monoisotopic (exact) mass is 180 g/mol. The summed E-state index contributed by atoms with van der Waals surface area (Å²) in [5.74, 6) is -0.249. The van der Waals surface area contributed by atoms with Gasteiger partial charge in [-0.25, -0.2) is 0 Å². The lowest BCUT2D eigenvalue weighted by molar-refractivity contribution is -0.306. The van der Waals surface area contributed by atoms with E-state index in [2.05, 4.69) is 11.3 Å². The molecular weight excluding hydrogens is 169 g/mol. The van der Waals surface area contributed by atoms with E-state index in [1.165, 1.54) is 0 Å². The molecule has 0 spiro atoms. The molecule has 4 heteroatoms. The van der Waals surface area contributed by atoms with Crippen LogP contribution in [0.5, 0.6) is 0 Å². The Kier molecular flexibility index (Phi) is 4.47. The van der Waals surface area contributed by atoms with E-state index in [1.807, 2.05) is 0 Å². The number of hydrogen-bond donors (Lipinski definition) is 0. The van der Waals surface area contributed by atoms with Crippen molar-refractivity contribution in [2.45, 2.75) is 26.1 Å². The lowest BCUT2D eigenvalue weighted by Gasteiger charge is -2.09. The van der Waals surface area contributed by atoms with E-state index in [-0.39, 0.29) is 12.2 Å². The first-order chi connectivity index (χ1) is 5.45. The van der Waals surface area contributed by atoms with E-state index in [4.69, 9.17) is 0 Å². The van der Waals surface area contributed by atoms with E-state index in [9.17, 15) is 13.2 Å². The molecule has 0 rings (SSSR count). The van der Waals surface area contributed by atoms with Gasteiger partial charge in [0.25, 0.3) is 0 Å². The molecule has 70 valence electrons. The van der Waals surface area contributed by atoms with E-state index in [0.29, 0.717) is 6.42 Å². The van der Waals surface area contributed by atoms with Crippen LogP contribution in [0.25, 0.3) is 0 Å². The number of halogens is 3. The third-order valence-corrected chi connectivity index (χ3v) is 1.09. The number of alkyl halides is 3. The largest absolute Gasteiger partial charge is 0.572 e. The number of ether oxygens (including phenoxy) is 1. The van der Waals surface area contributed by atoms with Crippen LogP contribution in [0, 0.1) is 0 Å². The molecule has 0 atom stereocenters. The van der Waals surface area contributed by atoms with Crippen LogP contribution < -0.4 is 0 Å². The van der Waals surface area contributed by atoms with Gasteiger partial charge in [0.1, 0.15) is 0 Å². The minimum atomic E-state index is -4.60. The van der Waals surface area contributed by atoms with Gasteiger partial charge >= 0.3 is 6.36 Å². The second-order valence-electron chi connectivity index (χ2n) is 2.19. The Balaban J connectivity index is 3.61. The summed E-state index contributed by atoms with van der Waals surface area (Å²) in [6.07, 6.45) is -0.367. The van der Waals surface area contributed by atoms with Crippen LogP contribution in [-0.4, -0.2) is 6.36 Å². The van der Waals surface area contributed by atoms with Gasteiger partial charge in [-0.2, -0.15) is 0 Å². The van der Waals surface area contributed by atoms with Crippen molar-refractivity contribution in [1.29, 1.82) is 0 Å². The van der Waals surface area contributed by atoms with Gasteiger partial charge in [0.15, 0.2) is 0 Å². The average molecular weight is 180 g/mol. The molecule has 0 heterocycles. The van der Waals surface area contributed by atoms with E-state index >= 15 is 0 Å². The Morgan fingerprint density at radius 2 is 2.08 bits per heavy atom. The molecule has 0 aliphatic rings. The zero-order valence-electron chi connectivity index (χ0n) is 6.82. The summed E-state index contributed by atoms with van der Waals surface area (Å²) in [5, 5.41) is 0. The van der Waals surface area contributed by atoms with Crippen LogP contribution in [-0.2, 0) is 4.74 Å². The Hall–Kier alpha value is -0.930. The fourth-order valence-corrected chi connectivity index (χ4v) is 0.626. The summed E-state index contributed by atoms with van der Waals surface area (Å²) < 4.78 is 38.1. The molecule has 0 N–H and O–H groups in total. The fourth-order valence-electron chi connectivity index (χ4n) is 0.626. The summed E-state index contributed by atoms with van der Waals surface area (Å²) >= 11 is 0. The topological polar surface area (TPSA) is 9.23 Å². The minimum Gasteiger partial charge on any atom is -0.411 e. The highest BCUT2D eigenvalue weighted by Crippen LogP contribution is 2.21. The number of rotatable bonds is 4. The SMILES string of the molecule is C=C(CC/C=C\C)OC(F)(F)F. The molecule has 0 aliphatic carbocycles. The van der Waals surface area contributed by atoms with Crippen LogP contribution in [0.3, 0.4) is 0 Å². The quantitative estimate of drug-likeness (QED) is 0.476. The predicted molar refractivity (Wildman–Crippen MR) is 40.3 cm³/mol. The molecule has 0 radical (unpaired) electrons. The third-order valence-electron chi connectivity index (χ3n) is 1.09. The van der Waals surface area contributed by atoms with Gasteiger partial charge in [0, 0.05) is 6.42 Å². The standard InChI is InChI=1S/C8H11F3O/c1-3-4-5-6-7(2)12-8(9,10)11/h3-4H,2,5-6H2,1H3/b4-3-. The Morgan fingerprint density at radius 1 is 1.50 bits per heavy atom. The first-order valence-corrected chi connectivity index (χ1v) is 3.50. The van der Waals surface area contributed by atoms with Crippen molar-refractivity contribution < 1.29 is 17.9 Å². The molecule has 0 aromatic rings. The second kappa shape index (κ2) is 4.85. The van der Waals surface area contributed by atoms with Crippen molar-refractivity contribution in [2.75, 3.05) is 0 Å². The van der Waals surface area contributed by atoms with Gasteiger partial charge in [-0.15, -0.1) is 13.2 Å². The highest BCUT2D eigenvalue weighted by molar-refractivity contribution is 4.88. The molecule has 0 saturated heterocycles. The zero-order chi connectivity index (χ0) is 9.61. The molecule has 12 heavy (non-hydrogen) atoms. The summed E-state index contributed by atoms with van der Waals surface area (Å²) in [7, 11) is 0. The summed E-state index contributed by atoms with van der Waals surface area (Å²) in [5.41, 5.74) is 0. The smallest absolute Gasteiger partial charge is 0.411 e. The highest BCUT2D eigenvalue weighted by atomic mass is 19.4. The molecule has 0 fully saturated rings. The maximum Gasteiger partial charge on any atom is 0.572 e. The van der Waals surface area contributed by atoms with Gasteiger partial charge in [-0.05, 0) is 13.3 Å². The van der Waals surface area contributed by atoms with Crippen LogP contribution in [0.1, 0.15) is 19.8 Å². The predicted octanol–water partition coefficient (Wildman–Crippen LogP) is 3.39. The van der Waals surface area contributed by atoms with Crippen LogP contribution >= 0.6 is 0 Å². The maximum absolute atomic E-state index is 11.5. The summed E-state index contributed by atoms with van der Waals surface area (Å²) in [6, 6.07) is 0. The van der Waals surface area contributed by atoms with Gasteiger partial charge in [-0.1, -0.05) is 18.7 Å². The van der Waals surface area contributed by atoms with Gasteiger partial charge in [0.05, 0.1) is 5.76 Å². The summed E-state index contributed by atoms with van der Waals surface area (Å²) in [4.78, 5) is 0. The van der Waals surface area contributed by atoms with Gasteiger partial charge < -0.3 is 4.74 Å². The van der Waals surface area contributed by atoms with Crippen molar-refractivity contribution in [1.82, 2.24) is 0 Å². The zero-order valence-corrected chi connectivity index (χ0v) is 6.82. The Bertz CT molecular complexity index is 170. The van der Waals surface area contributed by atoms with Gasteiger partial charge in [-0.3, -0.25) is 0 Å². The van der Waals surface area contributed by atoms with Crippen LogP contribution in [0.2, 0.25) is 0 Å². The molecule has 0 saturated carbocycles. The maximum atomic E-state index is 11.5. The molecule has 0 unspecified atom stereocenters. The molecular formula is C8H11F3O. The molecule has 0 aromatic heterocycles. The average Bonchev–Trinajstić information content (AvgIpc) is 1.84. The van der Waals surface area contributed by atoms with E-state index in [1.54, 1.807) is 19.1 Å². The van der Waals surface area contributed by atoms with Crippen molar-refractivity contribution in [3.8, 4) is 0 Å². The molecule has 1 nitrogen and oxygen atoms in total. The first-order valence-electron chi connectivity index (χ1n) is 3.50. The minimum absolute atomic E-state index is 0.198. The Morgan fingerprint density at radius 3 is 2.50 bits per heavy atom. The normalized spacial score (nSPS) is 12.0. The van der Waals surface area contributed by atoms with Crippen LogP contribution in [0.15, 0.2) is 24.5 Å². The highest BCUT2D eigenvalue weighted by Gasteiger charge is 2.31. The number of hydrogen-bond acceptors (Lipinski definition) is 1. The number of allylic oxidation sites excluding steroid dienone is 3. The van der Waals surface area contributed by atoms with Crippen molar-refractivity contribution >= 4 is 0 Å². The van der Waals surface area contributed by atoms with Crippen LogP contribution in [0.4, 0.5) is 13.2 Å². The molecule has 0 bridgehead atoms. The van der Waals surface area contributed by atoms with Crippen molar-refractivity contribution in [3.05, 3.63) is 24.5 Å². The fraction of sp³-hybridized carbons (Fsp3) is 0.500. The third kappa shape index (κ3) is 7.18. The second-order valence-corrected chi connectivity index (χ2v) is 2.19. The lowest BCUT2D eigenvalue weighted by Crippen LogP contribution is -2.12. The van der Waals surface area contributed by atoms with E-state index < -0.39 is 6.36 Å². The summed E-state index contributed by atoms with van der Waals surface area (Å²) in [6.45, 7) is 4.93. The van der Waals surface area contributed by atoms with E-state index in [0.717, 1.165) is 0 Å². The molecule has 0 aromatic carbocycles. The lowest BCUT2D eigenvalue weighted by atomic mass is 10.2. The van der Waals surface area contributed by atoms with Crippen molar-refractivity contribution in [3.63, 3.8) is 0 Å². The molecule has 0 aliphatic heterocycles. The first kappa shape index (κ1) is 11.1. The Labute approximate surface area is 69.5 Å². The van der Waals surface area contributed by atoms with Gasteiger partial charge in [0.2, 0.25) is 0 Å².